The lowest BCUT2D eigenvalue weighted by molar-refractivity contribution is 0.589. The highest BCUT2D eigenvalue weighted by Gasteiger charge is 2.30. The topological polar surface area (TPSA) is 139 Å². The second-order valence-corrected chi connectivity index (χ2v) is 9.29. The van der Waals surface area contributed by atoms with Gasteiger partial charge in [0.1, 0.15) is 0 Å². The van der Waals surface area contributed by atoms with Gasteiger partial charge in [0.05, 0.1) is 54.7 Å². The maximum Gasteiger partial charge on any atom is 0.254 e. The Kier molecular flexibility index (Phi) is 5.31. The van der Waals surface area contributed by atoms with E-state index in [9.17, 15) is 16.8 Å². The zero-order chi connectivity index (χ0) is 18.8. The predicted molar refractivity (Wildman–Crippen MR) is 90.7 cm³/mol. The average molecular weight is 405 g/mol. The molecule has 0 aromatic carbocycles. The number of aromatic nitrogens is 4. The molecule has 2 aromatic rings. The van der Waals surface area contributed by atoms with Gasteiger partial charge in [0.15, 0.2) is 0 Å². The van der Waals surface area contributed by atoms with E-state index in [-0.39, 0.29) is 20.8 Å². The summed E-state index contributed by atoms with van der Waals surface area (Å²) in [6.07, 6.45) is 5.79. The molecule has 2 heterocycles. The molecule has 0 N–H and O–H groups in total. The number of aryl methyl sites for hydroxylation is 1. The molecule has 25 heavy (non-hydrogen) atoms. The largest absolute Gasteiger partial charge is 0.271 e. The van der Waals surface area contributed by atoms with Gasteiger partial charge in [-0.3, -0.25) is 4.68 Å². The summed E-state index contributed by atoms with van der Waals surface area (Å²) in [7, 11) is -8.35. The van der Waals surface area contributed by atoms with Gasteiger partial charge in [-0.25, -0.2) is 26.8 Å². The maximum absolute atomic E-state index is 11.8. The van der Waals surface area contributed by atoms with Crippen LogP contribution in [-0.2, 0) is 26.6 Å². The number of halogens is 1. The van der Waals surface area contributed by atoms with Gasteiger partial charge in [0.25, 0.3) is 5.95 Å². The van der Waals surface area contributed by atoms with Gasteiger partial charge in [-0.1, -0.05) is 11.6 Å². The minimum absolute atomic E-state index is 0.0885. The highest BCUT2D eigenvalue weighted by molar-refractivity contribution is 8.09. The van der Waals surface area contributed by atoms with Crippen LogP contribution in [0.3, 0.4) is 0 Å². The van der Waals surface area contributed by atoms with Crippen LogP contribution < -0.4 is 3.71 Å². The van der Waals surface area contributed by atoms with Crippen LogP contribution in [0.2, 0.25) is 5.02 Å². The highest BCUT2D eigenvalue weighted by Crippen LogP contribution is 2.28. The van der Waals surface area contributed by atoms with E-state index in [1.807, 2.05) is 6.07 Å². The lowest BCUT2D eigenvalue weighted by Crippen LogP contribution is -2.36. The molecule has 0 aliphatic heterocycles. The second kappa shape index (κ2) is 6.95. The minimum atomic E-state index is -4.17. The Morgan fingerprint density at radius 2 is 1.88 bits per heavy atom. The fraction of sp³-hybridized carbons (Fsp3) is 0.333. The number of nitrogens with zero attached hydrogens (tertiary/aromatic N) is 6. The number of anilines is 1. The number of hydrogen-bond donors (Lipinski definition) is 0. The summed E-state index contributed by atoms with van der Waals surface area (Å²) >= 11 is 6.05. The fourth-order valence-electron chi connectivity index (χ4n) is 1.96. The van der Waals surface area contributed by atoms with Crippen molar-refractivity contribution in [2.75, 3.05) is 16.2 Å². The van der Waals surface area contributed by atoms with Crippen molar-refractivity contribution in [2.24, 2.45) is 0 Å². The van der Waals surface area contributed by atoms with Crippen LogP contribution >= 0.6 is 11.6 Å². The van der Waals surface area contributed by atoms with E-state index in [0.29, 0.717) is 12.1 Å². The van der Waals surface area contributed by atoms with E-state index in [2.05, 4.69) is 15.1 Å². The maximum atomic E-state index is 11.8. The molecule has 2 rings (SSSR count). The van der Waals surface area contributed by atoms with Crippen LogP contribution in [0.15, 0.2) is 18.6 Å². The molecular formula is C12H13ClN6O4S2. The molecule has 0 atom stereocenters. The van der Waals surface area contributed by atoms with Crippen LogP contribution in [0.1, 0.15) is 6.42 Å². The average Bonchev–Trinajstić information content (AvgIpc) is 2.92. The van der Waals surface area contributed by atoms with Crippen molar-refractivity contribution < 1.29 is 16.8 Å². The third-order valence-corrected chi connectivity index (χ3v) is 6.29. The van der Waals surface area contributed by atoms with Gasteiger partial charge in [-0.2, -0.15) is 10.4 Å². The second-order valence-electron chi connectivity index (χ2n) is 4.99. The molecule has 0 saturated carbocycles. The number of hydrogen-bond acceptors (Lipinski definition) is 8. The predicted octanol–water partition coefficient (Wildman–Crippen LogP) is 0.633. The molecule has 13 heteroatoms. The molecule has 0 fully saturated rings. The first-order valence-corrected chi connectivity index (χ1v) is 10.7. The molecule has 10 nitrogen and oxygen atoms in total. The monoisotopic (exact) mass is 404 g/mol. The summed E-state index contributed by atoms with van der Waals surface area (Å²) in [5.41, 5.74) is 0.542. The zero-order valence-corrected chi connectivity index (χ0v) is 15.5. The van der Waals surface area contributed by atoms with Gasteiger partial charge in [0, 0.05) is 11.8 Å². The first-order chi connectivity index (χ1) is 11.5. The zero-order valence-electron chi connectivity index (χ0n) is 13.2. The van der Waals surface area contributed by atoms with Crippen LogP contribution in [-0.4, -0.2) is 49.1 Å². The van der Waals surface area contributed by atoms with E-state index in [4.69, 9.17) is 16.9 Å². The summed E-state index contributed by atoms with van der Waals surface area (Å²) in [5.74, 6) is -0.547. The quantitative estimate of drug-likeness (QED) is 0.682. The molecule has 0 bridgehead atoms. The SMILES string of the molecule is CS(=O)(=O)N(c1ncc(Cl)c(-c2cnn(CCC#N)c2)n1)S(C)(=O)=O. The van der Waals surface area contributed by atoms with Crippen molar-refractivity contribution in [1.82, 2.24) is 19.7 Å². The lowest BCUT2D eigenvalue weighted by atomic mass is 10.2. The van der Waals surface area contributed by atoms with Gasteiger partial charge in [-0.05, 0) is 0 Å². The van der Waals surface area contributed by atoms with Gasteiger partial charge in [-0.15, -0.1) is 3.71 Å². The number of nitriles is 1. The molecule has 0 saturated heterocycles. The van der Waals surface area contributed by atoms with Gasteiger partial charge in [0.2, 0.25) is 20.0 Å². The molecule has 0 amide bonds. The molecule has 0 radical (unpaired) electrons. The molecule has 0 aliphatic carbocycles. The molecule has 134 valence electrons. The molecule has 0 spiro atoms. The Labute approximate surface area is 149 Å². The van der Waals surface area contributed by atoms with E-state index < -0.39 is 26.0 Å². The van der Waals surface area contributed by atoms with Crippen molar-refractivity contribution in [3.63, 3.8) is 0 Å². The first kappa shape index (κ1) is 19.1. The number of rotatable bonds is 6. The summed E-state index contributed by atoms with van der Waals surface area (Å²) in [5, 5.41) is 12.7. The summed E-state index contributed by atoms with van der Waals surface area (Å²) < 4.78 is 48.9. The smallest absolute Gasteiger partial charge is 0.254 e. The summed E-state index contributed by atoms with van der Waals surface area (Å²) in [4.78, 5) is 7.68. The fourth-order valence-corrected chi connectivity index (χ4v) is 4.90. The molecular weight excluding hydrogens is 392 g/mol. The van der Waals surface area contributed by atoms with E-state index in [0.717, 1.165) is 18.7 Å². The van der Waals surface area contributed by atoms with Crippen molar-refractivity contribution in [3.05, 3.63) is 23.6 Å². The first-order valence-electron chi connectivity index (χ1n) is 6.67. The Bertz CT molecular complexity index is 1010. The highest BCUT2D eigenvalue weighted by atomic mass is 35.5. The summed E-state index contributed by atoms with van der Waals surface area (Å²) in [6.45, 7) is 0.352. The Hall–Kier alpha value is -2.23. The van der Waals surface area contributed by atoms with E-state index >= 15 is 0 Å². The van der Waals surface area contributed by atoms with Crippen molar-refractivity contribution in [2.45, 2.75) is 13.0 Å². The molecule has 2 aromatic heterocycles. The lowest BCUT2D eigenvalue weighted by Gasteiger charge is -2.17. The van der Waals surface area contributed by atoms with Crippen LogP contribution in [0.25, 0.3) is 11.3 Å². The van der Waals surface area contributed by atoms with E-state index in [1.165, 1.54) is 10.9 Å². The Balaban J connectivity index is 2.54. The normalized spacial score (nSPS) is 11.9. The van der Waals surface area contributed by atoms with Gasteiger partial charge >= 0.3 is 0 Å². The standard InChI is InChI=1S/C12H13ClN6O4S2/c1-24(20,21)19(25(2,22)23)12-15-7-10(13)11(17-12)9-6-16-18(8-9)5-3-4-14/h6-8H,3,5H2,1-2H3. The Morgan fingerprint density at radius 1 is 1.24 bits per heavy atom. The third-order valence-electron chi connectivity index (χ3n) is 2.86. The number of sulfonamides is 2. The van der Waals surface area contributed by atoms with Gasteiger partial charge < -0.3 is 0 Å². The van der Waals surface area contributed by atoms with Crippen molar-refractivity contribution >= 4 is 37.6 Å². The van der Waals surface area contributed by atoms with Crippen LogP contribution in [0.4, 0.5) is 5.95 Å². The van der Waals surface area contributed by atoms with E-state index in [1.54, 1.807) is 6.20 Å². The minimum Gasteiger partial charge on any atom is -0.271 e. The van der Waals surface area contributed by atoms with Crippen molar-refractivity contribution in [1.29, 1.82) is 5.26 Å². The summed E-state index contributed by atoms with van der Waals surface area (Å²) in [6, 6.07) is 1.98. The molecule has 0 unspecified atom stereocenters. The van der Waals surface area contributed by atoms with Crippen LogP contribution in [0.5, 0.6) is 0 Å². The van der Waals surface area contributed by atoms with Crippen molar-refractivity contribution in [3.8, 4) is 17.3 Å². The molecule has 0 aliphatic rings. The third kappa shape index (κ3) is 4.44. The Morgan fingerprint density at radius 3 is 2.44 bits per heavy atom. The van der Waals surface area contributed by atoms with Crippen LogP contribution in [0, 0.1) is 11.3 Å².